The first-order valence-corrected chi connectivity index (χ1v) is 8.59. The summed E-state index contributed by atoms with van der Waals surface area (Å²) < 4.78 is 19.2. The number of rotatable bonds is 9. The van der Waals surface area contributed by atoms with Gasteiger partial charge in [-0.15, -0.1) is 11.3 Å². The summed E-state index contributed by atoms with van der Waals surface area (Å²) in [6.07, 6.45) is 0. The molecule has 0 aliphatic rings. The number of hydrogen-bond donors (Lipinski definition) is 1. The van der Waals surface area contributed by atoms with Gasteiger partial charge < -0.3 is 24.3 Å². The van der Waals surface area contributed by atoms with E-state index in [1.165, 1.54) is 7.11 Å². The number of carbonyl (C=O) groups is 4. The third-order valence-corrected chi connectivity index (χ3v) is 4.15. The van der Waals surface area contributed by atoms with Crippen LogP contribution in [0.25, 0.3) is 0 Å². The van der Waals surface area contributed by atoms with Gasteiger partial charge in [0.25, 0.3) is 5.91 Å². The smallest absolute Gasteiger partial charge is 0.348 e. The van der Waals surface area contributed by atoms with E-state index >= 15 is 0 Å². The van der Waals surface area contributed by atoms with Gasteiger partial charge >= 0.3 is 17.9 Å². The summed E-state index contributed by atoms with van der Waals surface area (Å²) in [6.45, 7) is 4.31. The van der Waals surface area contributed by atoms with Crippen LogP contribution in [0.4, 0.5) is 5.00 Å². The van der Waals surface area contributed by atoms with Crippen LogP contribution in [0.3, 0.4) is 0 Å². The summed E-state index contributed by atoms with van der Waals surface area (Å²) >= 11 is 0.889. The Morgan fingerprint density at radius 3 is 2.15 bits per heavy atom. The van der Waals surface area contributed by atoms with Crippen molar-refractivity contribution in [2.45, 2.75) is 20.8 Å². The number of nitrogens with one attached hydrogen (secondary N) is 1. The van der Waals surface area contributed by atoms with Gasteiger partial charge in [-0.05, 0) is 26.3 Å². The van der Waals surface area contributed by atoms with E-state index < -0.39 is 30.4 Å². The zero-order valence-electron chi connectivity index (χ0n) is 15.0. The quantitative estimate of drug-likeness (QED) is 0.501. The topological polar surface area (TPSA) is 117 Å². The second-order valence-corrected chi connectivity index (χ2v) is 5.86. The Hall–Kier alpha value is -2.46. The monoisotopic (exact) mass is 387 g/mol. The number of amides is 1. The molecule has 0 aliphatic carbocycles. The lowest BCUT2D eigenvalue weighted by atomic mass is 10.1. The zero-order valence-corrected chi connectivity index (χ0v) is 15.8. The Morgan fingerprint density at radius 2 is 1.58 bits per heavy atom. The Kier molecular flexibility index (Phi) is 8.73. The predicted molar refractivity (Wildman–Crippen MR) is 92.4 cm³/mol. The molecule has 0 fully saturated rings. The van der Waals surface area contributed by atoms with Gasteiger partial charge in [-0.2, -0.15) is 0 Å². The lowest BCUT2D eigenvalue weighted by molar-refractivity contribution is -0.150. The molecule has 0 aliphatic heterocycles. The Bertz CT molecular complexity index is 682. The standard InChI is InChI=1S/C16H21NO8S/c1-5-23-15(20)12-9(3)13(16(21)24-6-2)26-14(12)17-10(18)7-25-11(19)8-22-4/h5-8H2,1-4H3,(H,17,18). The van der Waals surface area contributed by atoms with E-state index in [9.17, 15) is 19.2 Å². The predicted octanol–water partition coefficient (Wildman–Crippen LogP) is 1.54. The van der Waals surface area contributed by atoms with E-state index in [1.807, 2.05) is 0 Å². The second-order valence-electron chi connectivity index (χ2n) is 4.84. The molecule has 0 saturated carbocycles. The molecule has 0 atom stereocenters. The maximum Gasteiger partial charge on any atom is 0.348 e. The Morgan fingerprint density at radius 1 is 0.962 bits per heavy atom. The molecule has 1 amide bonds. The molecular formula is C16H21NO8S. The summed E-state index contributed by atoms with van der Waals surface area (Å²) in [5.41, 5.74) is 0.412. The van der Waals surface area contributed by atoms with Gasteiger partial charge in [0.05, 0.1) is 18.8 Å². The molecule has 1 rings (SSSR count). The highest BCUT2D eigenvalue weighted by atomic mass is 32.1. The van der Waals surface area contributed by atoms with Crippen LogP contribution in [0.5, 0.6) is 0 Å². The molecule has 1 aromatic rings. The van der Waals surface area contributed by atoms with Crippen molar-refractivity contribution in [1.82, 2.24) is 0 Å². The number of thiophene rings is 1. The first kappa shape index (κ1) is 21.6. The van der Waals surface area contributed by atoms with E-state index in [-0.39, 0.29) is 35.3 Å². The fourth-order valence-corrected chi connectivity index (χ4v) is 3.02. The van der Waals surface area contributed by atoms with Crippen molar-refractivity contribution < 1.29 is 38.1 Å². The average Bonchev–Trinajstić information content (AvgIpc) is 2.90. The normalized spacial score (nSPS) is 10.2. The largest absolute Gasteiger partial charge is 0.462 e. The highest BCUT2D eigenvalue weighted by molar-refractivity contribution is 7.18. The zero-order chi connectivity index (χ0) is 19.7. The average molecular weight is 387 g/mol. The third kappa shape index (κ3) is 5.81. The van der Waals surface area contributed by atoms with Crippen molar-refractivity contribution in [1.29, 1.82) is 0 Å². The maximum atomic E-state index is 12.2. The van der Waals surface area contributed by atoms with Crippen LogP contribution in [-0.4, -0.2) is 57.4 Å². The maximum absolute atomic E-state index is 12.2. The molecule has 1 N–H and O–H groups in total. The minimum Gasteiger partial charge on any atom is -0.462 e. The van der Waals surface area contributed by atoms with Gasteiger partial charge in [0.1, 0.15) is 16.5 Å². The first-order chi connectivity index (χ1) is 12.3. The van der Waals surface area contributed by atoms with Gasteiger partial charge in [0.2, 0.25) is 0 Å². The molecule has 0 spiro atoms. The highest BCUT2D eigenvalue weighted by Gasteiger charge is 2.27. The van der Waals surface area contributed by atoms with Gasteiger partial charge in [-0.3, -0.25) is 4.79 Å². The lowest BCUT2D eigenvalue weighted by Crippen LogP contribution is -2.23. The van der Waals surface area contributed by atoms with Crippen LogP contribution in [0.2, 0.25) is 0 Å². The van der Waals surface area contributed by atoms with Crippen molar-refractivity contribution in [3.05, 3.63) is 16.0 Å². The fourth-order valence-electron chi connectivity index (χ4n) is 1.91. The van der Waals surface area contributed by atoms with Crippen LogP contribution in [0, 0.1) is 6.92 Å². The first-order valence-electron chi connectivity index (χ1n) is 7.77. The lowest BCUT2D eigenvalue weighted by Gasteiger charge is -2.07. The molecule has 10 heteroatoms. The van der Waals surface area contributed by atoms with Crippen LogP contribution >= 0.6 is 11.3 Å². The second kappa shape index (κ2) is 10.5. The Balaban J connectivity index is 3.02. The number of methoxy groups -OCH3 is 1. The summed E-state index contributed by atoms with van der Waals surface area (Å²) in [5, 5.41) is 2.58. The molecule has 1 heterocycles. The molecule has 144 valence electrons. The van der Waals surface area contributed by atoms with Crippen LogP contribution in [0.1, 0.15) is 39.4 Å². The van der Waals surface area contributed by atoms with E-state index in [1.54, 1.807) is 20.8 Å². The number of carbonyl (C=O) groups excluding carboxylic acids is 4. The van der Waals surface area contributed by atoms with E-state index in [4.69, 9.17) is 14.2 Å². The summed E-state index contributed by atoms with van der Waals surface area (Å²) in [4.78, 5) is 47.6. The number of ether oxygens (including phenoxy) is 4. The van der Waals surface area contributed by atoms with Crippen molar-refractivity contribution in [3.63, 3.8) is 0 Å². The van der Waals surface area contributed by atoms with Crippen molar-refractivity contribution in [3.8, 4) is 0 Å². The van der Waals surface area contributed by atoms with Gasteiger partial charge in [-0.1, -0.05) is 0 Å². The summed E-state index contributed by atoms with van der Waals surface area (Å²) in [6, 6.07) is 0. The SMILES string of the molecule is CCOC(=O)c1sc(NC(=O)COC(=O)COC)c(C(=O)OCC)c1C. The number of anilines is 1. The van der Waals surface area contributed by atoms with Crippen molar-refractivity contribution in [2.75, 3.05) is 38.9 Å². The molecule has 26 heavy (non-hydrogen) atoms. The van der Waals surface area contributed by atoms with Gasteiger partial charge in [-0.25, -0.2) is 14.4 Å². The Labute approximate surface area is 154 Å². The van der Waals surface area contributed by atoms with Gasteiger partial charge in [0.15, 0.2) is 6.61 Å². The minimum atomic E-state index is -0.706. The fraction of sp³-hybridized carbons (Fsp3) is 0.500. The minimum absolute atomic E-state index is 0.0662. The van der Waals surface area contributed by atoms with Crippen LogP contribution in [0.15, 0.2) is 0 Å². The highest BCUT2D eigenvalue weighted by Crippen LogP contribution is 2.34. The summed E-state index contributed by atoms with van der Waals surface area (Å²) in [5.74, 6) is -2.66. The number of esters is 3. The molecule has 0 saturated heterocycles. The van der Waals surface area contributed by atoms with Gasteiger partial charge in [0, 0.05) is 7.11 Å². The van der Waals surface area contributed by atoms with Crippen molar-refractivity contribution >= 4 is 40.2 Å². The molecule has 0 unspecified atom stereocenters. The van der Waals surface area contributed by atoms with E-state index in [2.05, 4.69) is 10.1 Å². The van der Waals surface area contributed by atoms with Crippen molar-refractivity contribution in [2.24, 2.45) is 0 Å². The summed E-state index contributed by atoms with van der Waals surface area (Å²) in [7, 11) is 1.32. The molecular weight excluding hydrogens is 366 g/mol. The molecule has 9 nitrogen and oxygen atoms in total. The number of hydrogen-bond acceptors (Lipinski definition) is 9. The van der Waals surface area contributed by atoms with E-state index in [0.29, 0.717) is 5.56 Å². The van der Waals surface area contributed by atoms with Crippen LogP contribution in [-0.2, 0) is 28.5 Å². The third-order valence-electron chi connectivity index (χ3n) is 2.97. The van der Waals surface area contributed by atoms with E-state index in [0.717, 1.165) is 11.3 Å². The molecule has 0 bridgehead atoms. The molecule has 1 aromatic heterocycles. The van der Waals surface area contributed by atoms with Crippen LogP contribution < -0.4 is 5.32 Å². The molecule has 0 aromatic carbocycles. The molecule has 0 radical (unpaired) electrons.